The number of amides is 1. The summed E-state index contributed by atoms with van der Waals surface area (Å²) in [5.74, 6) is -0.316. The van der Waals surface area contributed by atoms with Crippen LogP contribution in [0.4, 0.5) is 19.1 Å². The largest absolute Gasteiger partial charge is 0.493 e. The number of rotatable bonds is 5. The molecular formula is C19H17F3N6O4. The van der Waals surface area contributed by atoms with Crippen LogP contribution >= 0.6 is 0 Å². The fourth-order valence-electron chi connectivity index (χ4n) is 3.74. The van der Waals surface area contributed by atoms with Crippen molar-refractivity contribution in [2.75, 3.05) is 19.5 Å². The van der Waals surface area contributed by atoms with Gasteiger partial charge in [0, 0.05) is 23.9 Å². The van der Waals surface area contributed by atoms with E-state index in [4.69, 9.17) is 9.47 Å². The molecule has 3 aromatic rings. The van der Waals surface area contributed by atoms with E-state index in [1.807, 2.05) is 0 Å². The number of tetrazole rings is 1. The first-order valence-electron chi connectivity index (χ1n) is 9.33. The van der Waals surface area contributed by atoms with Crippen LogP contribution in [0.5, 0.6) is 11.5 Å². The van der Waals surface area contributed by atoms with E-state index in [1.54, 1.807) is 12.1 Å². The summed E-state index contributed by atoms with van der Waals surface area (Å²) in [6, 6.07) is 3.26. The highest BCUT2D eigenvalue weighted by Crippen LogP contribution is 2.43. The van der Waals surface area contributed by atoms with Crippen molar-refractivity contribution >= 4 is 11.9 Å². The Morgan fingerprint density at radius 1 is 1.25 bits per heavy atom. The number of pyridine rings is 1. The zero-order valence-electron chi connectivity index (χ0n) is 16.9. The first-order chi connectivity index (χ1) is 15.2. The third-order valence-electron chi connectivity index (χ3n) is 5.10. The van der Waals surface area contributed by atoms with Crippen LogP contribution in [0, 0.1) is 0 Å². The van der Waals surface area contributed by atoms with Gasteiger partial charge >= 0.3 is 6.18 Å². The first kappa shape index (κ1) is 21.3. The van der Waals surface area contributed by atoms with Crippen molar-refractivity contribution in [2.45, 2.75) is 25.1 Å². The number of aromatic nitrogens is 5. The van der Waals surface area contributed by atoms with Gasteiger partial charge in [0.2, 0.25) is 0 Å². The van der Waals surface area contributed by atoms with Gasteiger partial charge in [-0.25, -0.2) is 0 Å². The molecule has 1 aliphatic heterocycles. The molecule has 2 aromatic heterocycles. The van der Waals surface area contributed by atoms with Gasteiger partial charge in [0.25, 0.3) is 11.9 Å². The molecule has 1 aliphatic rings. The molecule has 1 unspecified atom stereocenters. The van der Waals surface area contributed by atoms with Crippen LogP contribution in [0.15, 0.2) is 29.2 Å². The van der Waals surface area contributed by atoms with Crippen LogP contribution in [0.3, 0.4) is 0 Å². The number of anilines is 1. The Morgan fingerprint density at radius 3 is 2.59 bits per heavy atom. The summed E-state index contributed by atoms with van der Waals surface area (Å²) in [6.07, 6.45) is -4.48. The number of methoxy groups -OCH3 is 2. The minimum Gasteiger partial charge on any atom is -0.493 e. The van der Waals surface area contributed by atoms with Gasteiger partial charge < -0.3 is 14.0 Å². The Bertz CT molecular complexity index is 1220. The maximum absolute atomic E-state index is 13.3. The maximum Gasteiger partial charge on any atom is 0.391 e. The number of nitrogens with one attached hydrogen (secondary N) is 2. The van der Waals surface area contributed by atoms with Crippen molar-refractivity contribution in [3.8, 4) is 22.8 Å². The van der Waals surface area contributed by atoms with Crippen molar-refractivity contribution in [2.24, 2.45) is 0 Å². The number of nitrogens with zero attached hydrogens (tertiary/aromatic N) is 4. The summed E-state index contributed by atoms with van der Waals surface area (Å²) in [5, 5.41) is 14.8. The quantitative estimate of drug-likeness (QED) is 0.612. The number of ether oxygens (including phenoxy) is 2. The highest BCUT2D eigenvalue weighted by molar-refractivity contribution is 6.03. The molecule has 13 heteroatoms. The number of halogens is 3. The molecule has 32 heavy (non-hydrogen) atoms. The third kappa shape index (κ3) is 4.00. The number of H-pyrrole nitrogens is 1. The Labute approximate surface area is 178 Å². The number of hydrogen-bond acceptors (Lipinski definition) is 7. The molecule has 0 fully saturated rings. The molecule has 0 saturated carbocycles. The standard InChI is InChI=1S/C19H17F3N6O4/c1-31-15-4-9-3-10(7-19(20,21)22)28-8-12(17(30)23-18-24-26-27-25-18)14(29)6-13(28)11(9)5-16(15)32-2/h4-6,8,10H,3,7H2,1-2H3,(H2,23,24,25,26,27,30). The van der Waals surface area contributed by atoms with Crippen molar-refractivity contribution in [3.63, 3.8) is 0 Å². The summed E-state index contributed by atoms with van der Waals surface area (Å²) in [7, 11) is 2.85. The van der Waals surface area contributed by atoms with Gasteiger partial charge in [-0.1, -0.05) is 5.10 Å². The molecule has 4 rings (SSSR count). The van der Waals surface area contributed by atoms with Gasteiger partial charge in [0.05, 0.1) is 26.3 Å². The van der Waals surface area contributed by atoms with Crippen LogP contribution in [-0.2, 0) is 6.42 Å². The van der Waals surface area contributed by atoms with E-state index in [1.165, 1.54) is 18.8 Å². The summed E-state index contributed by atoms with van der Waals surface area (Å²) in [6.45, 7) is 0. The first-order valence-corrected chi connectivity index (χ1v) is 9.33. The van der Waals surface area contributed by atoms with Crippen molar-refractivity contribution in [1.82, 2.24) is 25.2 Å². The van der Waals surface area contributed by atoms with Crippen LogP contribution in [-0.4, -0.2) is 51.5 Å². The monoisotopic (exact) mass is 450 g/mol. The predicted octanol–water partition coefficient (Wildman–Crippen LogP) is 2.35. The number of aromatic amines is 1. The normalized spacial score (nSPS) is 15.0. The molecular weight excluding hydrogens is 433 g/mol. The molecule has 168 valence electrons. The zero-order chi connectivity index (χ0) is 23.0. The fraction of sp³-hybridized carbons (Fsp3) is 0.316. The number of alkyl halides is 3. The summed E-state index contributed by atoms with van der Waals surface area (Å²) in [5.41, 5.74) is 0.298. The lowest BCUT2D eigenvalue weighted by Crippen LogP contribution is -2.30. The lowest BCUT2D eigenvalue weighted by molar-refractivity contribution is -0.142. The molecule has 2 N–H and O–H groups in total. The topological polar surface area (TPSA) is 124 Å². The molecule has 3 heterocycles. The highest BCUT2D eigenvalue weighted by atomic mass is 19.4. The molecule has 1 atom stereocenters. The smallest absolute Gasteiger partial charge is 0.391 e. The van der Waals surface area contributed by atoms with Crippen molar-refractivity contribution in [3.05, 3.63) is 45.7 Å². The van der Waals surface area contributed by atoms with E-state index in [9.17, 15) is 22.8 Å². The van der Waals surface area contributed by atoms with Crippen LogP contribution < -0.4 is 20.2 Å². The van der Waals surface area contributed by atoms with E-state index >= 15 is 0 Å². The number of fused-ring (bicyclic) bond motifs is 3. The van der Waals surface area contributed by atoms with Gasteiger partial charge in [0.1, 0.15) is 5.56 Å². The van der Waals surface area contributed by atoms with Crippen LogP contribution in [0.25, 0.3) is 11.3 Å². The van der Waals surface area contributed by atoms with E-state index in [0.717, 1.165) is 12.3 Å². The molecule has 0 bridgehead atoms. The summed E-state index contributed by atoms with van der Waals surface area (Å²) < 4.78 is 51.9. The minimum atomic E-state index is -4.47. The minimum absolute atomic E-state index is 0.0109. The van der Waals surface area contributed by atoms with Crippen molar-refractivity contribution < 1.29 is 27.4 Å². The molecule has 0 spiro atoms. The number of carbonyl (C=O) groups is 1. The molecule has 1 amide bonds. The van der Waals surface area contributed by atoms with Gasteiger partial charge in [-0.3, -0.25) is 14.9 Å². The zero-order valence-corrected chi connectivity index (χ0v) is 16.9. The van der Waals surface area contributed by atoms with E-state index in [0.29, 0.717) is 22.6 Å². The van der Waals surface area contributed by atoms with E-state index in [2.05, 4.69) is 25.9 Å². The number of benzene rings is 1. The second-order valence-corrected chi connectivity index (χ2v) is 7.07. The predicted molar refractivity (Wildman–Crippen MR) is 105 cm³/mol. The van der Waals surface area contributed by atoms with Gasteiger partial charge in [-0.2, -0.15) is 18.4 Å². The fourth-order valence-corrected chi connectivity index (χ4v) is 3.74. The van der Waals surface area contributed by atoms with E-state index in [-0.39, 0.29) is 23.6 Å². The Hall–Kier alpha value is -3.90. The average molecular weight is 450 g/mol. The molecule has 10 nitrogen and oxygen atoms in total. The molecule has 0 radical (unpaired) electrons. The van der Waals surface area contributed by atoms with Gasteiger partial charge in [-0.05, 0) is 29.3 Å². The summed E-state index contributed by atoms with van der Waals surface area (Å²) in [4.78, 5) is 25.3. The Kier molecular flexibility index (Phi) is 5.32. The van der Waals surface area contributed by atoms with Gasteiger partial charge in [0.15, 0.2) is 16.9 Å². The second kappa shape index (κ2) is 7.98. The molecule has 0 saturated heterocycles. The van der Waals surface area contributed by atoms with E-state index < -0.39 is 30.0 Å². The highest BCUT2D eigenvalue weighted by Gasteiger charge is 2.36. The summed E-state index contributed by atoms with van der Waals surface area (Å²) >= 11 is 0. The average Bonchev–Trinajstić information content (AvgIpc) is 3.24. The number of carbonyl (C=O) groups excluding carboxylic acids is 1. The van der Waals surface area contributed by atoms with Crippen LogP contribution in [0.2, 0.25) is 0 Å². The molecule has 1 aromatic carbocycles. The third-order valence-corrected chi connectivity index (χ3v) is 5.10. The lowest BCUT2D eigenvalue weighted by atomic mass is 9.90. The van der Waals surface area contributed by atoms with Crippen LogP contribution in [0.1, 0.15) is 28.4 Å². The van der Waals surface area contributed by atoms with Crippen molar-refractivity contribution in [1.29, 1.82) is 0 Å². The molecule has 0 aliphatic carbocycles. The Balaban J connectivity index is 1.85. The van der Waals surface area contributed by atoms with Gasteiger partial charge in [-0.15, -0.1) is 5.10 Å². The lowest BCUT2D eigenvalue weighted by Gasteiger charge is -2.32. The second-order valence-electron chi connectivity index (χ2n) is 7.07. The maximum atomic E-state index is 13.3. The number of hydrogen-bond donors (Lipinski definition) is 2. The Morgan fingerprint density at radius 2 is 1.97 bits per heavy atom. The SMILES string of the molecule is COc1cc2c(cc1OC)-c1cc(=O)c(C(=O)Nc3nn[nH]n3)cn1C(CC(F)(F)F)C2.